The van der Waals surface area contributed by atoms with E-state index in [0.717, 1.165) is 0 Å². The normalized spacial score (nSPS) is 9.60. The van der Waals surface area contributed by atoms with Crippen LogP contribution >= 0.6 is 12.8 Å². The molecule has 0 spiro atoms. The van der Waals surface area contributed by atoms with Gasteiger partial charge in [-0.3, -0.25) is 9.21 Å². The summed E-state index contributed by atoms with van der Waals surface area (Å²) in [6, 6.07) is 7.10. The SMILES string of the molecule is COc1ccccc1N(C)C(=O)N(C)S. The average Bonchev–Trinajstić information content (AvgIpc) is 2.26. The summed E-state index contributed by atoms with van der Waals surface area (Å²) in [5.74, 6) is 0.656. The van der Waals surface area contributed by atoms with Crippen LogP contribution in [0.3, 0.4) is 0 Å². The molecule has 0 aliphatic heterocycles. The first kappa shape index (κ1) is 11.7. The molecule has 0 unspecified atom stereocenters. The quantitative estimate of drug-likeness (QED) is 0.783. The molecule has 0 aliphatic rings. The number of anilines is 1. The summed E-state index contributed by atoms with van der Waals surface area (Å²) < 4.78 is 6.37. The Hall–Kier alpha value is -1.36. The van der Waals surface area contributed by atoms with Crippen LogP contribution in [0.25, 0.3) is 0 Å². The molecule has 1 rings (SSSR count). The minimum atomic E-state index is -0.220. The van der Waals surface area contributed by atoms with Crippen molar-refractivity contribution in [2.45, 2.75) is 0 Å². The molecule has 82 valence electrons. The van der Waals surface area contributed by atoms with E-state index >= 15 is 0 Å². The number of hydrogen-bond donors (Lipinski definition) is 1. The number of nitrogens with zero attached hydrogens (tertiary/aromatic N) is 2. The van der Waals surface area contributed by atoms with E-state index in [1.807, 2.05) is 18.2 Å². The van der Waals surface area contributed by atoms with E-state index in [-0.39, 0.29) is 6.03 Å². The Morgan fingerprint density at radius 3 is 2.47 bits per heavy atom. The van der Waals surface area contributed by atoms with Crippen molar-refractivity contribution in [2.75, 3.05) is 26.1 Å². The molecule has 0 saturated carbocycles. The molecule has 0 heterocycles. The van der Waals surface area contributed by atoms with E-state index in [9.17, 15) is 4.79 Å². The lowest BCUT2D eigenvalue weighted by Crippen LogP contribution is -2.33. The largest absolute Gasteiger partial charge is 0.495 e. The van der Waals surface area contributed by atoms with Crippen LogP contribution in [0.15, 0.2) is 24.3 Å². The Morgan fingerprint density at radius 2 is 1.93 bits per heavy atom. The molecule has 0 radical (unpaired) electrons. The number of urea groups is 1. The molecule has 0 saturated heterocycles. The van der Waals surface area contributed by atoms with E-state index in [1.165, 1.54) is 9.21 Å². The second-order valence-corrected chi connectivity index (χ2v) is 3.64. The Bertz CT molecular complexity index is 355. The van der Waals surface area contributed by atoms with Crippen molar-refractivity contribution in [1.29, 1.82) is 0 Å². The third-order valence-electron chi connectivity index (χ3n) is 2.01. The number of ether oxygens (including phenoxy) is 1. The molecule has 0 atom stereocenters. The van der Waals surface area contributed by atoms with Gasteiger partial charge in [-0.15, -0.1) is 0 Å². The van der Waals surface area contributed by atoms with Crippen molar-refractivity contribution >= 4 is 24.5 Å². The number of carbonyl (C=O) groups excluding carboxylic acids is 1. The van der Waals surface area contributed by atoms with Gasteiger partial charge in [0.2, 0.25) is 0 Å². The highest BCUT2D eigenvalue weighted by Crippen LogP contribution is 2.27. The molecular weight excluding hydrogens is 212 g/mol. The number of hydrogen-bond acceptors (Lipinski definition) is 3. The zero-order chi connectivity index (χ0) is 11.4. The molecule has 0 fully saturated rings. The molecule has 15 heavy (non-hydrogen) atoms. The topological polar surface area (TPSA) is 32.8 Å². The maximum absolute atomic E-state index is 11.6. The Balaban J connectivity index is 3.00. The van der Waals surface area contributed by atoms with E-state index in [1.54, 1.807) is 27.3 Å². The van der Waals surface area contributed by atoms with Crippen LogP contribution in [-0.4, -0.2) is 31.5 Å². The van der Waals surface area contributed by atoms with E-state index in [0.29, 0.717) is 11.4 Å². The summed E-state index contributed by atoms with van der Waals surface area (Å²) >= 11 is 3.95. The molecule has 0 aromatic heterocycles. The summed E-state index contributed by atoms with van der Waals surface area (Å²) in [4.78, 5) is 13.1. The first-order valence-electron chi connectivity index (χ1n) is 4.41. The zero-order valence-electron chi connectivity index (χ0n) is 8.97. The Kier molecular flexibility index (Phi) is 3.85. The highest BCUT2D eigenvalue weighted by atomic mass is 32.1. The highest BCUT2D eigenvalue weighted by molar-refractivity contribution is 7.78. The molecular formula is C10H14N2O2S. The number of para-hydroxylation sites is 2. The van der Waals surface area contributed by atoms with E-state index in [4.69, 9.17) is 4.74 Å². The predicted molar refractivity (Wildman–Crippen MR) is 63.5 cm³/mol. The van der Waals surface area contributed by atoms with Crippen molar-refractivity contribution in [1.82, 2.24) is 4.31 Å². The van der Waals surface area contributed by atoms with Gasteiger partial charge in [0.25, 0.3) is 0 Å². The number of amides is 2. The van der Waals surface area contributed by atoms with Gasteiger partial charge in [-0.25, -0.2) is 4.79 Å². The predicted octanol–water partition coefficient (Wildman–Crippen LogP) is 2.03. The highest BCUT2D eigenvalue weighted by Gasteiger charge is 2.16. The van der Waals surface area contributed by atoms with Crippen LogP contribution < -0.4 is 9.64 Å². The summed E-state index contributed by atoms with van der Waals surface area (Å²) in [6.45, 7) is 0. The number of benzene rings is 1. The smallest absolute Gasteiger partial charge is 0.333 e. The lowest BCUT2D eigenvalue weighted by molar-refractivity contribution is 0.238. The lowest BCUT2D eigenvalue weighted by atomic mass is 10.3. The number of carbonyl (C=O) groups is 1. The fourth-order valence-electron chi connectivity index (χ4n) is 1.23. The third kappa shape index (κ3) is 2.56. The molecule has 4 nitrogen and oxygen atoms in total. The van der Waals surface area contributed by atoms with Crippen LogP contribution in [0.4, 0.5) is 10.5 Å². The summed E-state index contributed by atoms with van der Waals surface area (Å²) in [6.07, 6.45) is 0. The van der Waals surface area contributed by atoms with E-state index < -0.39 is 0 Å². The van der Waals surface area contributed by atoms with Crippen molar-refractivity contribution in [2.24, 2.45) is 0 Å². The van der Waals surface area contributed by atoms with Gasteiger partial charge >= 0.3 is 6.03 Å². The van der Waals surface area contributed by atoms with Crippen molar-refractivity contribution < 1.29 is 9.53 Å². The van der Waals surface area contributed by atoms with Gasteiger partial charge < -0.3 is 4.74 Å². The van der Waals surface area contributed by atoms with Gasteiger partial charge in [0.1, 0.15) is 5.75 Å². The maximum atomic E-state index is 11.6. The summed E-state index contributed by atoms with van der Waals surface area (Å²) in [7, 11) is 4.83. The standard InChI is InChI=1S/C10H14N2O2S/c1-11(10(13)12(2)15)8-6-4-5-7-9(8)14-3/h4-7,15H,1-3H3. The first-order valence-corrected chi connectivity index (χ1v) is 4.81. The van der Waals surface area contributed by atoms with Crippen LogP contribution in [0, 0.1) is 0 Å². The number of thiol groups is 1. The van der Waals surface area contributed by atoms with Crippen molar-refractivity contribution in [3.63, 3.8) is 0 Å². The molecule has 0 N–H and O–H groups in total. The molecule has 0 aliphatic carbocycles. The van der Waals surface area contributed by atoms with Crippen LogP contribution in [0.2, 0.25) is 0 Å². The lowest BCUT2D eigenvalue weighted by Gasteiger charge is -2.22. The second-order valence-electron chi connectivity index (χ2n) is 3.04. The molecule has 5 heteroatoms. The monoisotopic (exact) mass is 226 g/mol. The third-order valence-corrected chi connectivity index (χ3v) is 2.18. The maximum Gasteiger partial charge on any atom is 0.333 e. The van der Waals surface area contributed by atoms with Crippen LogP contribution in [0.1, 0.15) is 0 Å². The van der Waals surface area contributed by atoms with Gasteiger partial charge in [-0.05, 0) is 12.1 Å². The van der Waals surface area contributed by atoms with Gasteiger partial charge in [0.05, 0.1) is 12.8 Å². The summed E-state index contributed by atoms with van der Waals surface area (Å²) in [5.41, 5.74) is 0.714. The van der Waals surface area contributed by atoms with Gasteiger partial charge in [0.15, 0.2) is 0 Å². The number of rotatable bonds is 2. The second kappa shape index (κ2) is 4.93. The first-order chi connectivity index (χ1) is 7.07. The molecule has 2 amide bonds. The van der Waals surface area contributed by atoms with Gasteiger partial charge in [-0.2, -0.15) is 0 Å². The average molecular weight is 226 g/mol. The van der Waals surface area contributed by atoms with Gasteiger partial charge in [0, 0.05) is 14.1 Å². The Labute approximate surface area is 95.0 Å². The fourth-order valence-corrected chi connectivity index (χ4v) is 1.36. The molecule has 0 bridgehead atoms. The molecule has 1 aromatic carbocycles. The minimum Gasteiger partial charge on any atom is -0.495 e. The van der Waals surface area contributed by atoms with Crippen molar-refractivity contribution in [3.8, 4) is 5.75 Å². The van der Waals surface area contributed by atoms with Crippen LogP contribution in [-0.2, 0) is 0 Å². The van der Waals surface area contributed by atoms with Crippen molar-refractivity contribution in [3.05, 3.63) is 24.3 Å². The molecule has 1 aromatic rings. The van der Waals surface area contributed by atoms with E-state index in [2.05, 4.69) is 12.8 Å². The minimum absolute atomic E-state index is 0.220. The Morgan fingerprint density at radius 1 is 1.33 bits per heavy atom. The zero-order valence-corrected chi connectivity index (χ0v) is 9.86. The van der Waals surface area contributed by atoms with Crippen LogP contribution in [0.5, 0.6) is 5.75 Å². The number of methoxy groups -OCH3 is 1. The summed E-state index contributed by atoms with van der Waals surface area (Å²) in [5, 5.41) is 0. The van der Waals surface area contributed by atoms with Gasteiger partial charge in [-0.1, -0.05) is 24.9 Å². The fraction of sp³-hybridized carbons (Fsp3) is 0.300.